The summed E-state index contributed by atoms with van der Waals surface area (Å²) in [5.74, 6) is 0.665. The van der Waals surface area contributed by atoms with Gasteiger partial charge in [0, 0.05) is 46.4 Å². The van der Waals surface area contributed by atoms with Gasteiger partial charge >= 0.3 is 0 Å². The van der Waals surface area contributed by atoms with E-state index >= 15 is 0 Å². The van der Waals surface area contributed by atoms with Crippen molar-refractivity contribution in [1.29, 1.82) is 0 Å². The van der Waals surface area contributed by atoms with Crippen molar-refractivity contribution >= 4 is 39.2 Å². The van der Waals surface area contributed by atoms with E-state index in [1.165, 1.54) is 11.3 Å². The van der Waals surface area contributed by atoms with Gasteiger partial charge in [-0.2, -0.15) is 5.10 Å². The summed E-state index contributed by atoms with van der Waals surface area (Å²) in [6.45, 7) is 1.57. The van der Waals surface area contributed by atoms with E-state index in [9.17, 15) is 4.79 Å². The van der Waals surface area contributed by atoms with Crippen LogP contribution in [0.4, 0.5) is 0 Å². The maximum absolute atomic E-state index is 11.7. The van der Waals surface area contributed by atoms with Gasteiger partial charge in [0.2, 0.25) is 0 Å². The number of rotatable bonds is 4. The standard InChI is InChI=1S/C23H15N7OS/c1-12(31)18-4-5-19(32-18)16-10-25-11-17-20(16)28-23(27-17)21-15-7-14(9-26-22(15)30-29-21)13-3-2-6-24-8-13/h2-11H,1H3,(H,27,28)(H,26,29,30). The Kier molecular flexibility index (Phi) is 4.15. The van der Waals surface area contributed by atoms with Gasteiger partial charge in [-0.1, -0.05) is 6.07 Å². The summed E-state index contributed by atoms with van der Waals surface area (Å²) in [4.78, 5) is 34.6. The van der Waals surface area contributed by atoms with Crippen molar-refractivity contribution in [2.24, 2.45) is 0 Å². The minimum atomic E-state index is 0.0454. The second-order valence-corrected chi connectivity index (χ2v) is 8.41. The van der Waals surface area contributed by atoms with Crippen LogP contribution in [0.5, 0.6) is 0 Å². The van der Waals surface area contributed by atoms with E-state index in [4.69, 9.17) is 4.98 Å². The predicted molar refractivity (Wildman–Crippen MR) is 123 cm³/mol. The number of H-pyrrole nitrogens is 2. The van der Waals surface area contributed by atoms with E-state index in [0.29, 0.717) is 22.0 Å². The van der Waals surface area contributed by atoms with Gasteiger partial charge in [0.15, 0.2) is 17.3 Å². The van der Waals surface area contributed by atoms with Crippen LogP contribution >= 0.6 is 11.3 Å². The molecule has 0 saturated carbocycles. The molecule has 8 nitrogen and oxygen atoms in total. The highest BCUT2D eigenvalue weighted by atomic mass is 32.1. The molecule has 0 fully saturated rings. The van der Waals surface area contributed by atoms with Gasteiger partial charge in [0.1, 0.15) is 11.2 Å². The molecule has 2 N–H and O–H groups in total. The summed E-state index contributed by atoms with van der Waals surface area (Å²) in [6.07, 6.45) is 8.85. The lowest BCUT2D eigenvalue weighted by Crippen LogP contribution is -1.84. The van der Waals surface area contributed by atoms with E-state index in [0.717, 1.165) is 38.0 Å². The third-order valence-electron chi connectivity index (χ3n) is 5.25. The first kappa shape index (κ1) is 18.5. The molecule has 0 aliphatic rings. The van der Waals surface area contributed by atoms with Crippen LogP contribution in [-0.2, 0) is 0 Å². The smallest absolute Gasteiger partial charge is 0.169 e. The summed E-state index contributed by atoms with van der Waals surface area (Å²) in [5, 5.41) is 8.31. The van der Waals surface area contributed by atoms with Crippen LogP contribution in [-0.4, -0.2) is 40.9 Å². The molecule has 9 heteroatoms. The second kappa shape index (κ2) is 7.17. The number of hydrogen-bond acceptors (Lipinski definition) is 7. The summed E-state index contributed by atoms with van der Waals surface area (Å²) >= 11 is 1.44. The third kappa shape index (κ3) is 2.98. The fourth-order valence-electron chi connectivity index (χ4n) is 3.67. The molecule has 0 amide bonds. The van der Waals surface area contributed by atoms with Crippen molar-refractivity contribution in [3.8, 4) is 33.1 Å². The first-order valence-corrected chi connectivity index (χ1v) is 10.7. The number of nitrogens with one attached hydrogen (secondary N) is 2. The lowest BCUT2D eigenvalue weighted by atomic mass is 10.1. The van der Waals surface area contributed by atoms with Crippen molar-refractivity contribution in [2.45, 2.75) is 6.92 Å². The van der Waals surface area contributed by atoms with Crippen molar-refractivity contribution in [2.75, 3.05) is 0 Å². The molecule has 6 rings (SSSR count). The number of thiophene rings is 1. The Morgan fingerprint density at radius 1 is 1.03 bits per heavy atom. The van der Waals surface area contributed by atoms with Crippen LogP contribution in [0.1, 0.15) is 16.6 Å². The number of aromatic nitrogens is 7. The van der Waals surface area contributed by atoms with Crippen molar-refractivity contribution < 1.29 is 4.79 Å². The highest BCUT2D eigenvalue weighted by molar-refractivity contribution is 7.17. The minimum absolute atomic E-state index is 0.0454. The van der Waals surface area contributed by atoms with Crippen molar-refractivity contribution in [3.63, 3.8) is 0 Å². The summed E-state index contributed by atoms with van der Waals surface area (Å²) in [5.41, 5.74) is 5.72. The average molecular weight is 437 g/mol. The molecule has 6 aromatic rings. The van der Waals surface area contributed by atoms with Gasteiger partial charge in [-0.05, 0) is 31.2 Å². The lowest BCUT2D eigenvalue weighted by Gasteiger charge is -2.00. The Bertz CT molecular complexity index is 1610. The topological polar surface area (TPSA) is 113 Å². The number of Topliss-reactive ketones (excluding diaryl/α,β-unsaturated/α-hetero) is 1. The molecule has 0 unspecified atom stereocenters. The maximum Gasteiger partial charge on any atom is 0.169 e. The number of nitrogens with zero attached hydrogens (tertiary/aromatic N) is 5. The zero-order chi connectivity index (χ0) is 21.7. The Balaban J connectivity index is 1.49. The molecule has 0 atom stereocenters. The number of imidazole rings is 1. The highest BCUT2D eigenvalue weighted by Gasteiger charge is 2.17. The van der Waals surface area contributed by atoms with Gasteiger partial charge < -0.3 is 4.98 Å². The van der Waals surface area contributed by atoms with Gasteiger partial charge in [-0.25, -0.2) is 9.97 Å². The normalized spacial score (nSPS) is 11.4. The lowest BCUT2D eigenvalue weighted by molar-refractivity contribution is 0.102. The molecule has 6 heterocycles. The van der Waals surface area contributed by atoms with Crippen LogP contribution in [0.15, 0.2) is 61.3 Å². The fourth-order valence-corrected chi connectivity index (χ4v) is 4.58. The fraction of sp³-hybridized carbons (Fsp3) is 0.0435. The van der Waals surface area contributed by atoms with E-state index in [2.05, 4.69) is 30.1 Å². The van der Waals surface area contributed by atoms with Crippen molar-refractivity contribution in [1.82, 2.24) is 35.1 Å². The molecule has 6 aromatic heterocycles. The van der Waals surface area contributed by atoms with Gasteiger partial charge in [0.05, 0.1) is 22.0 Å². The van der Waals surface area contributed by atoms with E-state index in [-0.39, 0.29) is 5.78 Å². The Labute approximate surface area is 185 Å². The Hall–Kier alpha value is -4.24. The molecule has 0 aromatic carbocycles. The molecule has 0 aliphatic carbocycles. The van der Waals surface area contributed by atoms with Crippen LogP contribution < -0.4 is 0 Å². The minimum Gasteiger partial charge on any atom is -0.335 e. The largest absolute Gasteiger partial charge is 0.335 e. The number of hydrogen-bond donors (Lipinski definition) is 2. The number of carbonyl (C=O) groups excluding carboxylic acids is 1. The summed E-state index contributed by atoms with van der Waals surface area (Å²) < 4.78 is 0. The second-order valence-electron chi connectivity index (χ2n) is 7.32. The third-order valence-corrected chi connectivity index (χ3v) is 6.47. The number of ketones is 1. The monoisotopic (exact) mass is 437 g/mol. The average Bonchev–Trinajstić information content (AvgIpc) is 3.56. The zero-order valence-electron chi connectivity index (χ0n) is 16.8. The van der Waals surface area contributed by atoms with Crippen LogP contribution in [0.2, 0.25) is 0 Å². The molecule has 0 aliphatic heterocycles. The quantitative estimate of drug-likeness (QED) is 0.380. The zero-order valence-corrected chi connectivity index (χ0v) is 17.6. The molecular weight excluding hydrogens is 422 g/mol. The highest BCUT2D eigenvalue weighted by Crippen LogP contribution is 2.34. The van der Waals surface area contributed by atoms with E-state index < -0.39 is 0 Å². The summed E-state index contributed by atoms with van der Waals surface area (Å²) in [6, 6.07) is 9.68. The van der Waals surface area contributed by atoms with Crippen LogP contribution in [0, 0.1) is 0 Å². The van der Waals surface area contributed by atoms with Crippen LogP contribution in [0.25, 0.3) is 55.2 Å². The molecule has 0 saturated heterocycles. The summed E-state index contributed by atoms with van der Waals surface area (Å²) in [7, 11) is 0. The van der Waals surface area contributed by atoms with Gasteiger partial charge in [0.25, 0.3) is 0 Å². The maximum atomic E-state index is 11.7. The molecule has 154 valence electrons. The Morgan fingerprint density at radius 2 is 1.97 bits per heavy atom. The first-order chi connectivity index (χ1) is 15.7. The van der Waals surface area contributed by atoms with E-state index in [1.54, 1.807) is 37.9 Å². The number of pyridine rings is 3. The number of carbonyl (C=O) groups is 1. The number of fused-ring (bicyclic) bond motifs is 2. The molecular formula is C23H15N7OS. The SMILES string of the molecule is CC(=O)c1ccc(-c2cncc3[nH]c(-c4n[nH]c5ncc(-c6cccnc6)cc45)nc23)s1. The molecule has 0 bridgehead atoms. The first-order valence-electron chi connectivity index (χ1n) is 9.87. The predicted octanol–water partition coefficient (Wildman–Crippen LogP) is 4.89. The van der Waals surface area contributed by atoms with E-state index in [1.807, 2.05) is 30.3 Å². The van der Waals surface area contributed by atoms with Crippen LogP contribution in [0.3, 0.4) is 0 Å². The Morgan fingerprint density at radius 3 is 2.78 bits per heavy atom. The van der Waals surface area contributed by atoms with Gasteiger partial charge in [-0.3, -0.25) is 19.9 Å². The molecule has 32 heavy (non-hydrogen) atoms. The van der Waals surface area contributed by atoms with Crippen molar-refractivity contribution in [3.05, 3.63) is 66.2 Å². The van der Waals surface area contributed by atoms with Gasteiger partial charge in [-0.15, -0.1) is 11.3 Å². The molecule has 0 spiro atoms. The number of aromatic amines is 2. The molecule has 0 radical (unpaired) electrons.